The zero-order valence-electron chi connectivity index (χ0n) is 17.5. The highest BCUT2D eigenvalue weighted by Crippen LogP contribution is 2.19. The first kappa shape index (κ1) is 22.1. The first-order valence-corrected chi connectivity index (χ1v) is 10.2. The molecule has 2 aromatic carbocycles. The summed E-state index contributed by atoms with van der Waals surface area (Å²) in [5, 5.41) is 2.67. The van der Waals surface area contributed by atoms with E-state index in [4.69, 9.17) is 9.47 Å². The molecule has 162 valence electrons. The maximum absolute atomic E-state index is 12.3. The van der Waals surface area contributed by atoms with Crippen molar-refractivity contribution in [3.8, 4) is 5.75 Å². The molecule has 7 heteroatoms. The van der Waals surface area contributed by atoms with Crippen LogP contribution in [-0.4, -0.2) is 49.5 Å². The fourth-order valence-corrected chi connectivity index (χ4v) is 3.30. The predicted molar refractivity (Wildman–Crippen MR) is 117 cm³/mol. The second-order valence-electron chi connectivity index (χ2n) is 7.23. The Bertz CT molecular complexity index is 917. The van der Waals surface area contributed by atoms with Crippen molar-refractivity contribution in [3.05, 3.63) is 66.2 Å². The molecule has 1 aliphatic rings. The molecule has 0 saturated carbocycles. The molecule has 1 heterocycles. The van der Waals surface area contributed by atoms with Crippen molar-refractivity contribution in [1.29, 1.82) is 0 Å². The van der Waals surface area contributed by atoms with Crippen molar-refractivity contribution in [3.63, 3.8) is 0 Å². The third-order valence-electron chi connectivity index (χ3n) is 5.08. The van der Waals surface area contributed by atoms with E-state index in [1.165, 1.54) is 0 Å². The van der Waals surface area contributed by atoms with Gasteiger partial charge in [0, 0.05) is 24.9 Å². The van der Waals surface area contributed by atoms with Crippen molar-refractivity contribution >= 4 is 29.5 Å². The molecule has 2 amide bonds. The first-order valence-electron chi connectivity index (χ1n) is 10.2. The molecule has 0 radical (unpaired) electrons. The molecule has 1 fully saturated rings. The summed E-state index contributed by atoms with van der Waals surface area (Å²) in [4.78, 5) is 38.4. The number of amides is 2. The Balaban J connectivity index is 1.38. The van der Waals surface area contributed by atoms with Crippen molar-refractivity contribution < 1.29 is 23.9 Å². The minimum atomic E-state index is -0.406. The minimum absolute atomic E-state index is 0.0745. The van der Waals surface area contributed by atoms with Gasteiger partial charge in [-0.05, 0) is 48.7 Å². The van der Waals surface area contributed by atoms with E-state index in [1.807, 2.05) is 30.3 Å². The van der Waals surface area contributed by atoms with Gasteiger partial charge in [-0.25, -0.2) is 0 Å². The van der Waals surface area contributed by atoms with Crippen LogP contribution in [0.5, 0.6) is 5.75 Å². The van der Waals surface area contributed by atoms with E-state index in [-0.39, 0.29) is 18.4 Å². The molecule has 0 unspecified atom stereocenters. The summed E-state index contributed by atoms with van der Waals surface area (Å²) in [6.45, 7) is 0.620. The summed E-state index contributed by atoms with van der Waals surface area (Å²) in [6, 6.07) is 16.5. The molecule has 0 bridgehead atoms. The Morgan fingerprint density at radius 1 is 1.03 bits per heavy atom. The highest BCUT2D eigenvalue weighted by atomic mass is 16.5. The van der Waals surface area contributed by atoms with Gasteiger partial charge in [0.2, 0.25) is 5.91 Å². The number of methoxy groups -OCH3 is 1. The van der Waals surface area contributed by atoms with Gasteiger partial charge in [-0.15, -0.1) is 0 Å². The number of nitrogens with one attached hydrogen (secondary N) is 1. The van der Waals surface area contributed by atoms with Crippen LogP contribution in [0.25, 0.3) is 6.08 Å². The zero-order chi connectivity index (χ0) is 22.1. The molecule has 0 atom stereocenters. The molecule has 1 N–H and O–H groups in total. The lowest BCUT2D eigenvalue weighted by atomic mass is 9.97. The second kappa shape index (κ2) is 11.0. The number of carbonyl (C=O) groups excluding carboxylic acids is 3. The van der Waals surface area contributed by atoms with Crippen LogP contribution in [0.15, 0.2) is 60.7 Å². The van der Waals surface area contributed by atoms with Crippen LogP contribution in [0, 0.1) is 5.92 Å². The van der Waals surface area contributed by atoms with E-state index in [0.29, 0.717) is 37.4 Å². The molecular weight excluding hydrogens is 396 g/mol. The second-order valence-corrected chi connectivity index (χ2v) is 7.23. The largest absolute Gasteiger partial charge is 0.497 e. The van der Waals surface area contributed by atoms with E-state index in [9.17, 15) is 14.4 Å². The average molecular weight is 422 g/mol. The summed E-state index contributed by atoms with van der Waals surface area (Å²) in [7, 11) is 1.56. The number of hydrogen-bond acceptors (Lipinski definition) is 5. The summed E-state index contributed by atoms with van der Waals surface area (Å²) in [6.07, 6.45) is 4.37. The van der Waals surface area contributed by atoms with Gasteiger partial charge in [0.25, 0.3) is 5.91 Å². The number of benzene rings is 2. The SMILES string of the molecule is COc1ccc(NC(=O)COC(=O)C2CCN(C(=O)/C=C/c3ccccc3)CC2)cc1. The number of rotatable bonds is 7. The van der Waals surface area contributed by atoms with Crippen LogP contribution in [0.3, 0.4) is 0 Å². The smallest absolute Gasteiger partial charge is 0.309 e. The fraction of sp³-hybridized carbons (Fsp3) is 0.292. The van der Waals surface area contributed by atoms with E-state index in [0.717, 1.165) is 5.56 Å². The summed E-state index contributed by atoms with van der Waals surface area (Å²) < 4.78 is 10.2. The lowest BCUT2D eigenvalue weighted by Crippen LogP contribution is -2.40. The Morgan fingerprint density at radius 2 is 1.71 bits per heavy atom. The van der Waals surface area contributed by atoms with Crippen LogP contribution in [0.1, 0.15) is 18.4 Å². The van der Waals surface area contributed by atoms with E-state index < -0.39 is 11.9 Å². The standard InChI is InChI=1S/C24H26N2O5/c1-30-21-10-8-20(9-11-21)25-22(27)17-31-24(29)19-13-15-26(16-14-19)23(28)12-7-18-5-3-2-4-6-18/h2-12,19H,13-17H2,1H3,(H,25,27)/b12-7+. The maximum Gasteiger partial charge on any atom is 0.309 e. The van der Waals surface area contributed by atoms with Gasteiger partial charge in [0.05, 0.1) is 13.0 Å². The predicted octanol–water partition coefficient (Wildman–Crippen LogP) is 3.13. The minimum Gasteiger partial charge on any atom is -0.497 e. The Hall–Kier alpha value is -3.61. The quantitative estimate of drug-likeness (QED) is 0.547. The van der Waals surface area contributed by atoms with Crippen LogP contribution in [0.2, 0.25) is 0 Å². The summed E-state index contributed by atoms with van der Waals surface area (Å²) in [5.74, 6) is -0.510. The van der Waals surface area contributed by atoms with Crippen molar-refractivity contribution in [2.45, 2.75) is 12.8 Å². The zero-order valence-corrected chi connectivity index (χ0v) is 17.5. The Morgan fingerprint density at radius 3 is 2.35 bits per heavy atom. The first-order chi connectivity index (χ1) is 15.0. The number of ether oxygens (including phenoxy) is 2. The van der Waals surface area contributed by atoms with Crippen LogP contribution in [-0.2, 0) is 19.1 Å². The molecule has 31 heavy (non-hydrogen) atoms. The van der Waals surface area contributed by atoms with Crippen molar-refractivity contribution in [2.24, 2.45) is 5.92 Å². The summed E-state index contributed by atoms with van der Waals surface area (Å²) >= 11 is 0. The lowest BCUT2D eigenvalue weighted by Gasteiger charge is -2.30. The Kier molecular flexibility index (Phi) is 7.81. The molecule has 0 spiro atoms. The third-order valence-corrected chi connectivity index (χ3v) is 5.08. The number of nitrogens with zero attached hydrogens (tertiary/aromatic N) is 1. The highest BCUT2D eigenvalue weighted by Gasteiger charge is 2.28. The van der Waals surface area contributed by atoms with Gasteiger partial charge in [-0.1, -0.05) is 30.3 Å². The number of piperidine rings is 1. The topological polar surface area (TPSA) is 84.9 Å². The van der Waals surface area contributed by atoms with Gasteiger partial charge >= 0.3 is 5.97 Å². The van der Waals surface area contributed by atoms with Gasteiger partial charge in [-0.3, -0.25) is 14.4 Å². The van der Waals surface area contributed by atoms with Crippen LogP contribution >= 0.6 is 0 Å². The van der Waals surface area contributed by atoms with Crippen LogP contribution < -0.4 is 10.1 Å². The number of hydrogen-bond donors (Lipinski definition) is 1. The van der Waals surface area contributed by atoms with Gasteiger partial charge in [-0.2, -0.15) is 0 Å². The number of esters is 1. The van der Waals surface area contributed by atoms with Gasteiger partial charge < -0.3 is 19.7 Å². The highest BCUT2D eigenvalue weighted by molar-refractivity contribution is 5.93. The van der Waals surface area contributed by atoms with Crippen molar-refractivity contribution in [1.82, 2.24) is 4.90 Å². The Labute approximate surface area is 181 Å². The lowest BCUT2D eigenvalue weighted by molar-refractivity contribution is -0.153. The summed E-state index contributed by atoms with van der Waals surface area (Å²) in [5.41, 5.74) is 1.56. The monoisotopic (exact) mass is 422 g/mol. The van der Waals surface area contributed by atoms with E-state index in [2.05, 4.69) is 5.32 Å². The molecule has 7 nitrogen and oxygen atoms in total. The molecule has 0 aromatic heterocycles. The van der Waals surface area contributed by atoms with Crippen LogP contribution in [0.4, 0.5) is 5.69 Å². The van der Waals surface area contributed by atoms with Gasteiger partial charge in [0.1, 0.15) is 5.75 Å². The molecule has 0 aliphatic carbocycles. The average Bonchev–Trinajstić information content (AvgIpc) is 2.82. The van der Waals surface area contributed by atoms with Crippen molar-refractivity contribution in [2.75, 3.05) is 32.1 Å². The third kappa shape index (κ3) is 6.70. The van der Waals surface area contributed by atoms with E-state index in [1.54, 1.807) is 48.4 Å². The molecule has 1 aliphatic heterocycles. The number of likely N-dealkylation sites (tertiary alicyclic amines) is 1. The number of carbonyl (C=O) groups is 3. The number of anilines is 1. The molecule has 1 saturated heterocycles. The molecule has 3 rings (SSSR count). The molecular formula is C24H26N2O5. The molecule has 2 aromatic rings. The van der Waals surface area contributed by atoms with Gasteiger partial charge in [0.15, 0.2) is 6.61 Å². The maximum atomic E-state index is 12.3. The fourth-order valence-electron chi connectivity index (χ4n) is 3.30. The normalized spacial score (nSPS) is 14.3. The van der Waals surface area contributed by atoms with E-state index >= 15 is 0 Å².